The van der Waals surface area contributed by atoms with Gasteiger partial charge in [0, 0.05) is 18.5 Å². The number of carbonyl (C=O) groups is 2. The molecule has 5 heteroatoms. The Morgan fingerprint density at radius 3 is 1.60 bits per heavy atom. The van der Waals surface area contributed by atoms with E-state index in [0.717, 1.165) is 57.4 Å². The van der Waals surface area contributed by atoms with Crippen molar-refractivity contribution in [2.24, 2.45) is 5.92 Å². The fourth-order valence-electron chi connectivity index (χ4n) is 3.90. The highest BCUT2D eigenvalue weighted by Crippen LogP contribution is 2.27. The number of aliphatic carboxylic acids is 1. The molecule has 0 bridgehead atoms. The molecule has 0 radical (unpaired) electrons. The van der Waals surface area contributed by atoms with Gasteiger partial charge in [-0.2, -0.15) is 0 Å². The molecule has 0 aromatic heterocycles. The molecule has 0 aliphatic heterocycles. The van der Waals surface area contributed by atoms with Crippen molar-refractivity contribution in [1.82, 2.24) is 10.6 Å². The first kappa shape index (κ1) is 38.3. The maximum absolute atomic E-state index is 12.0. The first-order valence-corrected chi connectivity index (χ1v) is 15.1. The van der Waals surface area contributed by atoms with Crippen molar-refractivity contribution in [2.75, 3.05) is 6.54 Å². The number of carboxylic acid groups (broad SMARTS) is 1. The van der Waals surface area contributed by atoms with E-state index in [1.807, 2.05) is 27.7 Å². The summed E-state index contributed by atoms with van der Waals surface area (Å²) in [4.78, 5) is 22.3. The number of nitrogens with one attached hydrogen (secondary N) is 2. The minimum Gasteiger partial charge on any atom is -0.481 e. The predicted molar refractivity (Wildman–Crippen MR) is 154 cm³/mol. The molecule has 0 spiro atoms. The lowest BCUT2D eigenvalue weighted by atomic mass is 9.83. The second kappa shape index (κ2) is 29.0. The molecule has 212 valence electrons. The summed E-state index contributed by atoms with van der Waals surface area (Å²) in [5, 5.41) is 14.7. The number of unbranched alkanes of at least 4 members (excludes halogenated alkanes) is 8. The van der Waals surface area contributed by atoms with E-state index in [1.54, 1.807) is 0 Å². The van der Waals surface area contributed by atoms with Crippen LogP contribution in [0.3, 0.4) is 0 Å². The number of rotatable bonds is 15. The summed E-state index contributed by atoms with van der Waals surface area (Å²) in [6.07, 6.45) is 19.0. The van der Waals surface area contributed by atoms with Crippen LogP contribution in [0.2, 0.25) is 0 Å². The summed E-state index contributed by atoms with van der Waals surface area (Å²) < 4.78 is 0. The Morgan fingerprint density at radius 2 is 1.20 bits per heavy atom. The molecule has 0 heterocycles. The van der Waals surface area contributed by atoms with Crippen LogP contribution in [0.25, 0.3) is 0 Å². The molecule has 0 atom stereocenters. The zero-order valence-corrected chi connectivity index (χ0v) is 25.1. The van der Waals surface area contributed by atoms with Gasteiger partial charge in [0.15, 0.2) is 0 Å². The average molecular weight is 501 g/mol. The Hall–Kier alpha value is -1.26. The largest absolute Gasteiger partial charge is 0.481 e. The zero-order chi connectivity index (χ0) is 27.4. The second-order valence-corrected chi connectivity index (χ2v) is 9.75. The molecule has 0 aromatic rings. The van der Waals surface area contributed by atoms with Gasteiger partial charge in [0.05, 0.1) is 0 Å². The number of carboxylic acids is 1. The molecule has 2 amide bonds. The van der Waals surface area contributed by atoms with Crippen LogP contribution >= 0.6 is 0 Å². The van der Waals surface area contributed by atoms with Gasteiger partial charge >= 0.3 is 12.0 Å². The maximum Gasteiger partial charge on any atom is 0.315 e. The average Bonchev–Trinajstić information content (AvgIpc) is 2.87. The first-order chi connectivity index (χ1) is 16.8. The third-order valence-electron chi connectivity index (χ3n) is 6.62. The number of urea groups is 1. The molecule has 35 heavy (non-hydrogen) atoms. The molecule has 0 saturated heterocycles. The lowest BCUT2D eigenvalue weighted by molar-refractivity contribution is -0.137. The molecule has 1 aliphatic rings. The van der Waals surface area contributed by atoms with Crippen molar-refractivity contribution in [2.45, 2.75) is 170 Å². The van der Waals surface area contributed by atoms with E-state index >= 15 is 0 Å². The first-order valence-electron chi connectivity index (χ1n) is 15.1. The molecule has 1 aliphatic carbocycles. The highest BCUT2D eigenvalue weighted by molar-refractivity contribution is 5.74. The minimum absolute atomic E-state index is 0.00714. The van der Waals surface area contributed by atoms with E-state index in [4.69, 9.17) is 5.11 Å². The lowest BCUT2D eigenvalue weighted by Gasteiger charge is -2.34. The van der Waals surface area contributed by atoms with Crippen molar-refractivity contribution in [3.8, 4) is 0 Å². The molecule has 1 fully saturated rings. The third-order valence-corrected chi connectivity index (χ3v) is 6.62. The van der Waals surface area contributed by atoms with Gasteiger partial charge in [-0.15, -0.1) is 0 Å². The van der Waals surface area contributed by atoms with Gasteiger partial charge in [-0.25, -0.2) is 4.79 Å². The number of hydrogen-bond donors (Lipinski definition) is 3. The van der Waals surface area contributed by atoms with E-state index in [1.165, 1.54) is 57.8 Å². The van der Waals surface area contributed by atoms with Crippen LogP contribution in [-0.2, 0) is 4.79 Å². The van der Waals surface area contributed by atoms with Crippen molar-refractivity contribution in [3.05, 3.63) is 0 Å². The molecule has 3 N–H and O–H groups in total. The van der Waals surface area contributed by atoms with Crippen molar-refractivity contribution < 1.29 is 14.7 Å². The smallest absolute Gasteiger partial charge is 0.315 e. The standard InChI is InChI=1S/C20H38N2O3.C6H14.2C2H6/c1-20(15-11-9-12-16-20)22-19(25)21-17-13-8-6-4-2-3-5-7-10-14-18(23)24;1-4-6(3)5-2;2*1-2/h2-17H2,1H3,(H,23,24)(H2,21,22,25);6H,4-5H2,1-3H3;2*1-2H3. The van der Waals surface area contributed by atoms with Crippen LogP contribution in [-0.4, -0.2) is 29.2 Å². The second-order valence-electron chi connectivity index (χ2n) is 9.75. The van der Waals surface area contributed by atoms with Crippen molar-refractivity contribution >= 4 is 12.0 Å². The maximum atomic E-state index is 12.0. The number of amides is 2. The predicted octanol–water partition coefficient (Wildman–Crippen LogP) is 9.49. The van der Waals surface area contributed by atoms with Gasteiger partial charge in [-0.05, 0) is 38.5 Å². The normalized spacial score (nSPS) is 13.7. The molecule has 1 saturated carbocycles. The summed E-state index contributed by atoms with van der Waals surface area (Å²) >= 11 is 0. The Kier molecular flexibility index (Phi) is 31.7. The highest BCUT2D eigenvalue weighted by Gasteiger charge is 2.27. The molecule has 0 unspecified atom stereocenters. The summed E-state index contributed by atoms with van der Waals surface area (Å²) in [7, 11) is 0. The van der Waals surface area contributed by atoms with Crippen LogP contribution in [0.1, 0.15) is 165 Å². The SMILES string of the molecule is CC.CC.CC1(NC(=O)NCCCCCCCCCCCC(=O)O)CCCCC1.CCC(C)CC. The fourth-order valence-corrected chi connectivity index (χ4v) is 3.90. The molecular weight excluding hydrogens is 436 g/mol. The van der Waals surface area contributed by atoms with E-state index in [0.29, 0.717) is 6.42 Å². The van der Waals surface area contributed by atoms with Crippen LogP contribution < -0.4 is 10.6 Å². The Morgan fingerprint density at radius 1 is 0.771 bits per heavy atom. The quantitative estimate of drug-likeness (QED) is 0.196. The molecule has 0 aromatic carbocycles. The molecular formula is C30H64N2O3. The third kappa shape index (κ3) is 28.9. The zero-order valence-electron chi connectivity index (χ0n) is 25.1. The number of hydrogen-bond acceptors (Lipinski definition) is 2. The van der Waals surface area contributed by atoms with E-state index in [2.05, 4.69) is 38.3 Å². The van der Waals surface area contributed by atoms with E-state index in [9.17, 15) is 9.59 Å². The van der Waals surface area contributed by atoms with Crippen LogP contribution in [0, 0.1) is 5.92 Å². The van der Waals surface area contributed by atoms with Gasteiger partial charge in [-0.1, -0.05) is 126 Å². The van der Waals surface area contributed by atoms with Gasteiger partial charge < -0.3 is 15.7 Å². The Bertz CT molecular complexity index is 445. The van der Waals surface area contributed by atoms with E-state index < -0.39 is 5.97 Å². The lowest BCUT2D eigenvalue weighted by Crippen LogP contribution is -2.51. The topological polar surface area (TPSA) is 78.4 Å². The van der Waals surface area contributed by atoms with Crippen molar-refractivity contribution in [3.63, 3.8) is 0 Å². The summed E-state index contributed by atoms with van der Waals surface area (Å²) in [5.41, 5.74) is -0.00714. The van der Waals surface area contributed by atoms with E-state index in [-0.39, 0.29) is 11.6 Å². The summed E-state index contributed by atoms with van der Waals surface area (Å²) in [6.45, 7) is 17.7. The molecule has 5 nitrogen and oxygen atoms in total. The van der Waals surface area contributed by atoms with Crippen LogP contribution in [0.15, 0.2) is 0 Å². The highest BCUT2D eigenvalue weighted by atomic mass is 16.4. The fraction of sp³-hybridized carbons (Fsp3) is 0.933. The van der Waals surface area contributed by atoms with Crippen LogP contribution in [0.4, 0.5) is 4.79 Å². The van der Waals surface area contributed by atoms with Gasteiger partial charge in [0.1, 0.15) is 0 Å². The van der Waals surface area contributed by atoms with Gasteiger partial charge in [0.25, 0.3) is 0 Å². The molecule has 1 rings (SSSR count). The van der Waals surface area contributed by atoms with Crippen LogP contribution in [0.5, 0.6) is 0 Å². The minimum atomic E-state index is -0.685. The van der Waals surface area contributed by atoms with Gasteiger partial charge in [0.2, 0.25) is 0 Å². The Balaban J connectivity index is -0.000000875. The number of carbonyl (C=O) groups excluding carboxylic acids is 1. The van der Waals surface area contributed by atoms with Gasteiger partial charge in [-0.3, -0.25) is 4.79 Å². The van der Waals surface area contributed by atoms with Crippen molar-refractivity contribution in [1.29, 1.82) is 0 Å². The monoisotopic (exact) mass is 500 g/mol. The summed E-state index contributed by atoms with van der Waals surface area (Å²) in [5.74, 6) is 0.250. The summed E-state index contributed by atoms with van der Waals surface area (Å²) in [6, 6.07) is -0.00855. The Labute approximate surface area is 220 Å².